The molecule has 0 atom stereocenters. The Morgan fingerprint density at radius 1 is 1.14 bits per heavy atom. The lowest BCUT2D eigenvalue weighted by Gasteiger charge is -2.11. The summed E-state index contributed by atoms with van der Waals surface area (Å²) < 4.78 is 33.3. The minimum Gasteiger partial charge on any atom is -0.487 e. The van der Waals surface area contributed by atoms with Gasteiger partial charge in [-0.15, -0.1) is 0 Å². The number of carboxylic acid groups (broad SMARTS) is 1. The third kappa shape index (κ3) is 3.59. The van der Waals surface area contributed by atoms with Crippen LogP contribution < -0.4 is 4.74 Å². The molecule has 0 aliphatic heterocycles. The summed E-state index contributed by atoms with van der Waals surface area (Å²) in [6, 6.07) is 6.54. The van der Waals surface area contributed by atoms with Crippen molar-refractivity contribution in [3.05, 3.63) is 62.0 Å². The quantitative estimate of drug-likeness (QED) is 0.723. The topological polar surface area (TPSA) is 46.5 Å². The van der Waals surface area contributed by atoms with Crippen LogP contribution in [0.1, 0.15) is 15.9 Å². The van der Waals surface area contributed by atoms with Gasteiger partial charge in [-0.2, -0.15) is 0 Å². The van der Waals surface area contributed by atoms with Crippen LogP contribution in [0, 0.1) is 11.6 Å². The Balaban J connectivity index is 2.26. The van der Waals surface area contributed by atoms with Gasteiger partial charge in [-0.25, -0.2) is 13.6 Å². The maximum Gasteiger partial charge on any atom is 0.335 e. The van der Waals surface area contributed by atoms with Crippen molar-refractivity contribution in [2.24, 2.45) is 0 Å². The van der Waals surface area contributed by atoms with E-state index in [4.69, 9.17) is 9.84 Å². The van der Waals surface area contributed by atoms with E-state index in [0.717, 1.165) is 6.07 Å². The first-order chi connectivity index (χ1) is 9.90. The highest BCUT2D eigenvalue weighted by molar-refractivity contribution is 9.10. The van der Waals surface area contributed by atoms with Crippen molar-refractivity contribution in [2.45, 2.75) is 6.61 Å². The maximum absolute atomic E-state index is 13.8. The Hall–Kier alpha value is -1.47. The molecule has 0 radical (unpaired) electrons. The number of hydrogen-bond acceptors (Lipinski definition) is 2. The molecule has 0 bridgehead atoms. The fraction of sp³-hybridized carbons (Fsp3) is 0.0714. The van der Waals surface area contributed by atoms with E-state index in [-0.39, 0.29) is 28.0 Å². The number of benzene rings is 2. The Kier molecular flexibility index (Phi) is 4.95. The third-order valence-electron chi connectivity index (χ3n) is 2.69. The molecule has 0 saturated heterocycles. The summed E-state index contributed by atoms with van der Waals surface area (Å²) >= 11 is 6.16. The van der Waals surface area contributed by atoms with Gasteiger partial charge in [0.05, 0.1) is 20.1 Å². The monoisotopic (exact) mass is 420 g/mol. The molecule has 0 aliphatic carbocycles. The number of carboxylic acids is 1. The van der Waals surface area contributed by atoms with Crippen LogP contribution in [-0.4, -0.2) is 11.1 Å². The Morgan fingerprint density at radius 2 is 1.81 bits per heavy atom. The summed E-state index contributed by atoms with van der Waals surface area (Å²) in [6.45, 7) is -0.362. The molecule has 0 spiro atoms. The highest BCUT2D eigenvalue weighted by Gasteiger charge is 2.14. The maximum atomic E-state index is 13.8. The van der Waals surface area contributed by atoms with Gasteiger partial charge in [0.2, 0.25) is 0 Å². The van der Waals surface area contributed by atoms with Crippen LogP contribution in [0.4, 0.5) is 8.78 Å². The van der Waals surface area contributed by atoms with Crippen LogP contribution in [0.3, 0.4) is 0 Å². The zero-order valence-corrected chi connectivity index (χ0v) is 13.5. The summed E-state index contributed by atoms with van der Waals surface area (Å²) in [5.41, 5.74) is -0.222. The molecule has 0 heterocycles. The Labute approximate surface area is 135 Å². The summed E-state index contributed by atoms with van der Waals surface area (Å²) in [7, 11) is 0. The van der Waals surface area contributed by atoms with E-state index in [0.29, 0.717) is 4.47 Å². The molecule has 21 heavy (non-hydrogen) atoms. The second kappa shape index (κ2) is 6.53. The van der Waals surface area contributed by atoms with Crippen LogP contribution in [0.5, 0.6) is 5.75 Å². The Bertz CT molecular complexity index is 705. The normalized spacial score (nSPS) is 10.5. The van der Waals surface area contributed by atoms with Crippen LogP contribution in [0.2, 0.25) is 0 Å². The van der Waals surface area contributed by atoms with Crippen LogP contribution in [0.25, 0.3) is 0 Å². The number of aromatic carboxylic acids is 1. The molecule has 7 heteroatoms. The fourth-order valence-corrected chi connectivity index (χ4v) is 2.33. The van der Waals surface area contributed by atoms with Crippen molar-refractivity contribution >= 4 is 37.8 Å². The number of hydrogen-bond donors (Lipinski definition) is 1. The van der Waals surface area contributed by atoms with E-state index in [1.54, 1.807) is 0 Å². The van der Waals surface area contributed by atoms with E-state index in [1.807, 2.05) is 0 Å². The van der Waals surface area contributed by atoms with Gasteiger partial charge in [-0.05, 0) is 62.2 Å². The molecule has 1 N–H and O–H groups in total. The summed E-state index contributed by atoms with van der Waals surface area (Å²) in [5, 5.41) is 8.91. The smallest absolute Gasteiger partial charge is 0.335 e. The fourth-order valence-electron chi connectivity index (χ4n) is 1.60. The summed E-state index contributed by atoms with van der Waals surface area (Å²) in [4.78, 5) is 10.9. The number of ether oxygens (including phenoxy) is 1. The van der Waals surface area contributed by atoms with Gasteiger partial charge in [0, 0.05) is 0 Å². The van der Waals surface area contributed by atoms with Gasteiger partial charge in [-0.1, -0.05) is 0 Å². The molecule has 2 aromatic carbocycles. The second-order valence-electron chi connectivity index (χ2n) is 4.06. The molecule has 3 nitrogen and oxygen atoms in total. The van der Waals surface area contributed by atoms with Crippen molar-refractivity contribution in [1.82, 2.24) is 0 Å². The predicted octanol–water partition coefficient (Wildman–Crippen LogP) is 4.77. The highest BCUT2D eigenvalue weighted by Crippen LogP contribution is 2.28. The SMILES string of the molecule is O=C(O)c1ccc(Br)c(OCc2c(F)ccc(Br)c2F)c1. The first-order valence-corrected chi connectivity index (χ1v) is 7.26. The lowest BCUT2D eigenvalue weighted by atomic mass is 10.2. The van der Waals surface area contributed by atoms with E-state index in [9.17, 15) is 13.6 Å². The molecule has 0 aliphatic rings. The molecule has 2 rings (SSSR count). The average molecular weight is 422 g/mol. The van der Waals surface area contributed by atoms with E-state index in [2.05, 4.69) is 31.9 Å². The molecular weight excluding hydrogens is 414 g/mol. The van der Waals surface area contributed by atoms with Gasteiger partial charge >= 0.3 is 5.97 Å². The van der Waals surface area contributed by atoms with Crippen molar-refractivity contribution in [3.8, 4) is 5.75 Å². The van der Waals surface area contributed by atoms with E-state index in [1.165, 1.54) is 24.3 Å². The van der Waals surface area contributed by atoms with Crippen LogP contribution in [-0.2, 0) is 6.61 Å². The number of halogens is 4. The highest BCUT2D eigenvalue weighted by atomic mass is 79.9. The van der Waals surface area contributed by atoms with Gasteiger partial charge < -0.3 is 9.84 Å². The zero-order chi connectivity index (χ0) is 15.6. The van der Waals surface area contributed by atoms with Gasteiger partial charge in [-0.3, -0.25) is 0 Å². The van der Waals surface area contributed by atoms with Crippen molar-refractivity contribution in [3.63, 3.8) is 0 Å². The van der Waals surface area contributed by atoms with Gasteiger partial charge in [0.1, 0.15) is 24.0 Å². The first-order valence-electron chi connectivity index (χ1n) is 5.68. The van der Waals surface area contributed by atoms with E-state index >= 15 is 0 Å². The number of carbonyl (C=O) groups is 1. The van der Waals surface area contributed by atoms with Crippen LogP contribution in [0.15, 0.2) is 39.3 Å². The first kappa shape index (κ1) is 15.9. The molecule has 0 aromatic heterocycles. The number of rotatable bonds is 4. The molecule has 2 aromatic rings. The van der Waals surface area contributed by atoms with Crippen molar-refractivity contribution < 1.29 is 23.4 Å². The molecule has 0 unspecified atom stereocenters. The molecule has 0 saturated carbocycles. The lowest BCUT2D eigenvalue weighted by Crippen LogP contribution is -2.04. The van der Waals surface area contributed by atoms with Crippen molar-refractivity contribution in [2.75, 3.05) is 0 Å². The molecule has 0 fully saturated rings. The summed E-state index contributed by atoms with van der Waals surface area (Å²) in [5.74, 6) is -2.41. The standard InChI is InChI=1S/C14H8Br2F2O3/c15-9-2-1-7(14(19)20)5-12(9)21-6-8-11(17)4-3-10(16)13(8)18/h1-5H,6H2,(H,19,20). The predicted molar refractivity (Wildman–Crippen MR) is 79.5 cm³/mol. The van der Waals surface area contributed by atoms with E-state index < -0.39 is 17.6 Å². The van der Waals surface area contributed by atoms with Crippen LogP contribution >= 0.6 is 31.9 Å². The molecule has 0 amide bonds. The molecule has 110 valence electrons. The minimum absolute atomic E-state index is 0.0170. The van der Waals surface area contributed by atoms with Gasteiger partial charge in [0.15, 0.2) is 0 Å². The second-order valence-corrected chi connectivity index (χ2v) is 5.77. The average Bonchev–Trinajstić information content (AvgIpc) is 2.44. The minimum atomic E-state index is -1.12. The zero-order valence-electron chi connectivity index (χ0n) is 10.4. The largest absolute Gasteiger partial charge is 0.487 e. The lowest BCUT2D eigenvalue weighted by molar-refractivity contribution is 0.0696. The van der Waals surface area contributed by atoms with Gasteiger partial charge in [0.25, 0.3) is 0 Å². The molecular formula is C14H8Br2F2O3. The Morgan fingerprint density at radius 3 is 2.48 bits per heavy atom. The third-order valence-corrected chi connectivity index (χ3v) is 3.96. The van der Waals surface area contributed by atoms with Crippen molar-refractivity contribution in [1.29, 1.82) is 0 Å². The summed E-state index contributed by atoms with van der Waals surface area (Å²) in [6.07, 6.45) is 0.